The Bertz CT molecular complexity index is 793. The average Bonchev–Trinajstić information content (AvgIpc) is 2.62. The van der Waals surface area contributed by atoms with Crippen LogP contribution < -0.4 is 19.6 Å². The topological polar surface area (TPSA) is 69.2 Å². The highest BCUT2D eigenvalue weighted by atomic mass is 35.5. The summed E-state index contributed by atoms with van der Waals surface area (Å²) in [5, 5.41) is 4.31. The highest BCUT2D eigenvalue weighted by Gasteiger charge is 2.11. The van der Waals surface area contributed by atoms with E-state index in [0.717, 1.165) is 5.56 Å². The molecule has 0 aliphatic heterocycles. The minimum absolute atomic E-state index is 0.131. The third-order valence-corrected chi connectivity index (χ3v) is 3.58. The van der Waals surface area contributed by atoms with Crippen LogP contribution in [0.15, 0.2) is 41.5 Å². The van der Waals surface area contributed by atoms with Crippen molar-refractivity contribution in [3.05, 3.63) is 52.5 Å². The summed E-state index contributed by atoms with van der Waals surface area (Å²) in [6.45, 7) is 4.15. The predicted octanol–water partition coefficient (Wildman–Crippen LogP) is 3.58. The molecule has 0 heterocycles. The zero-order valence-electron chi connectivity index (χ0n) is 14.9. The van der Waals surface area contributed by atoms with Crippen LogP contribution in [0.5, 0.6) is 17.2 Å². The van der Waals surface area contributed by atoms with Crippen molar-refractivity contribution >= 4 is 23.7 Å². The fourth-order valence-corrected chi connectivity index (χ4v) is 2.44. The first-order valence-corrected chi connectivity index (χ1v) is 8.43. The van der Waals surface area contributed by atoms with E-state index in [4.69, 9.17) is 25.8 Å². The second-order valence-electron chi connectivity index (χ2n) is 5.37. The SMILES string of the molecule is CCOc1c(Cl)cc(/C=N\NC(=O)COc2cccc(C)c2)cc1OC. The molecule has 26 heavy (non-hydrogen) atoms. The van der Waals surface area contributed by atoms with Gasteiger partial charge in [-0.2, -0.15) is 5.10 Å². The lowest BCUT2D eigenvalue weighted by Gasteiger charge is -2.11. The number of amides is 1. The number of rotatable bonds is 8. The van der Waals surface area contributed by atoms with Crippen molar-refractivity contribution in [2.75, 3.05) is 20.3 Å². The van der Waals surface area contributed by atoms with Crippen molar-refractivity contribution in [2.24, 2.45) is 5.10 Å². The van der Waals surface area contributed by atoms with Crippen LogP contribution in [0.25, 0.3) is 0 Å². The summed E-state index contributed by atoms with van der Waals surface area (Å²) in [6, 6.07) is 10.9. The number of hydrogen-bond acceptors (Lipinski definition) is 5. The molecule has 1 amide bonds. The Hall–Kier alpha value is -2.73. The van der Waals surface area contributed by atoms with Crippen LogP contribution in [-0.2, 0) is 4.79 Å². The van der Waals surface area contributed by atoms with E-state index in [2.05, 4.69) is 10.5 Å². The van der Waals surface area contributed by atoms with Crippen LogP contribution in [0.3, 0.4) is 0 Å². The van der Waals surface area contributed by atoms with Gasteiger partial charge < -0.3 is 14.2 Å². The van der Waals surface area contributed by atoms with E-state index in [0.29, 0.717) is 34.4 Å². The molecule has 138 valence electrons. The Labute approximate surface area is 157 Å². The van der Waals surface area contributed by atoms with Gasteiger partial charge in [-0.1, -0.05) is 23.7 Å². The first-order chi connectivity index (χ1) is 12.5. The summed E-state index contributed by atoms with van der Waals surface area (Å²) < 4.78 is 16.1. The van der Waals surface area contributed by atoms with Crippen molar-refractivity contribution < 1.29 is 19.0 Å². The zero-order chi connectivity index (χ0) is 18.9. The van der Waals surface area contributed by atoms with Gasteiger partial charge in [-0.25, -0.2) is 5.43 Å². The molecule has 2 aromatic carbocycles. The number of methoxy groups -OCH3 is 1. The standard InChI is InChI=1S/C19H21ClN2O4/c1-4-25-19-16(20)9-14(10-17(19)24-3)11-21-22-18(23)12-26-15-7-5-6-13(2)8-15/h5-11H,4,12H2,1-3H3,(H,22,23)/b21-11-. The van der Waals surface area contributed by atoms with Crippen molar-refractivity contribution in [3.63, 3.8) is 0 Å². The van der Waals surface area contributed by atoms with E-state index >= 15 is 0 Å². The number of hydrogen-bond donors (Lipinski definition) is 1. The molecule has 0 fully saturated rings. The number of halogens is 1. The van der Waals surface area contributed by atoms with Crippen LogP contribution in [-0.4, -0.2) is 32.4 Å². The Morgan fingerprint density at radius 2 is 2.08 bits per heavy atom. The van der Waals surface area contributed by atoms with Gasteiger partial charge in [0.25, 0.3) is 5.91 Å². The molecule has 0 unspecified atom stereocenters. The third-order valence-electron chi connectivity index (χ3n) is 3.30. The summed E-state index contributed by atoms with van der Waals surface area (Å²) >= 11 is 6.19. The van der Waals surface area contributed by atoms with Gasteiger partial charge in [-0.3, -0.25) is 4.79 Å². The number of hydrazone groups is 1. The molecule has 0 bridgehead atoms. The van der Waals surface area contributed by atoms with Gasteiger partial charge in [-0.05, 0) is 49.2 Å². The molecule has 0 aliphatic carbocycles. The molecule has 2 rings (SSSR count). The summed E-state index contributed by atoms with van der Waals surface area (Å²) in [6.07, 6.45) is 1.47. The van der Waals surface area contributed by atoms with Crippen molar-refractivity contribution in [2.45, 2.75) is 13.8 Å². The molecule has 0 radical (unpaired) electrons. The second kappa shape index (κ2) is 9.68. The molecule has 0 saturated heterocycles. The summed E-state index contributed by atoms with van der Waals surface area (Å²) in [4.78, 5) is 11.8. The van der Waals surface area contributed by atoms with Crippen LogP contribution >= 0.6 is 11.6 Å². The minimum atomic E-state index is -0.369. The zero-order valence-corrected chi connectivity index (χ0v) is 15.7. The van der Waals surface area contributed by atoms with E-state index in [-0.39, 0.29) is 12.5 Å². The second-order valence-corrected chi connectivity index (χ2v) is 5.77. The number of nitrogens with one attached hydrogen (secondary N) is 1. The fraction of sp³-hybridized carbons (Fsp3) is 0.263. The van der Waals surface area contributed by atoms with E-state index in [9.17, 15) is 4.79 Å². The average molecular weight is 377 g/mol. The Morgan fingerprint density at radius 1 is 1.27 bits per heavy atom. The number of aryl methyl sites for hydroxylation is 1. The van der Waals surface area contributed by atoms with E-state index in [1.165, 1.54) is 13.3 Å². The molecule has 0 saturated carbocycles. The quantitative estimate of drug-likeness (QED) is 0.564. The largest absolute Gasteiger partial charge is 0.493 e. The summed E-state index contributed by atoms with van der Waals surface area (Å²) in [7, 11) is 1.53. The summed E-state index contributed by atoms with van der Waals surface area (Å²) in [5.74, 6) is 1.23. The molecule has 0 spiro atoms. The lowest BCUT2D eigenvalue weighted by Crippen LogP contribution is -2.24. The number of nitrogens with zero attached hydrogens (tertiary/aromatic N) is 1. The highest BCUT2D eigenvalue weighted by molar-refractivity contribution is 6.32. The smallest absolute Gasteiger partial charge is 0.277 e. The van der Waals surface area contributed by atoms with E-state index in [1.807, 2.05) is 32.0 Å². The third kappa shape index (κ3) is 5.67. The highest BCUT2D eigenvalue weighted by Crippen LogP contribution is 2.35. The number of benzene rings is 2. The molecule has 6 nitrogen and oxygen atoms in total. The van der Waals surface area contributed by atoms with Gasteiger partial charge in [0.05, 0.1) is 25.0 Å². The van der Waals surface area contributed by atoms with Gasteiger partial charge in [0.15, 0.2) is 18.1 Å². The molecule has 0 atom stereocenters. The molecule has 7 heteroatoms. The van der Waals surface area contributed by atoms with Gasteiger partial charge in [0.1, 0.15) is 5.75 Å². The van der Waals surface area contributed by atoms with Gasteiger partial charge in [-0.15, -0.1) is 0 Å². The molecule has 0 aromatic heterocycles. The monoisotopic (exact) mass is 376 g/mol. The first-order valence-electron chi connectivity index (χ1n) is 8.05. The number of ether oxygens (including phenoxy) is 3. The van der Waals surface area contributed by atoms with Gasteiger partial charge in [0.2, 0.25) is 0 Å². The van der Waals surface area contributed by atoms with Crippen LogP contribution in [0.2, 0.25) is 5.02 Å². The van der Waals surface area contributed by atoms with E-state index in [1.54, 1.807) is 18.2 Å². The van der Waals surface area contributed by atoms with Crippen molar-refractivity contribution in [1.82, 2.24) is 5.43 Å². The number of carbonyl (C=O) groups is 1. The van der Waals surface area contributed by atoms with Crippen LogP contribution in [0.1, 0.15) is 18.1 Å². The minimum Gasteiger partial charge on any atom is -0.493 e. The Balaban J connectivity index is 1.93. The fourth-order valence-electron chi connectivity index (χ4n) is 2.16. The lowest BCUT2D eigenvalue weighted by atomic mass is 10.2. The van der Waals surface area contributed by atoms with Crippen LogP contribution in [0.4, 0.5) is 0 Å². The van der Waals surface area contributed by atoms with Gasteiger partial charge >= 0.3 is 0 Å². The Morgan fingerprint density at radius 3 is 2.77 bits per heavy atom. The lowest BCUT2D eigenvalue weighted by molar-refractivity contribution is -0.123. The van der Waals surface area contributed by atoms with Crippen LogP contribution in [0, 0.1) is 6.92 Å². The maximum Gasteiger partial charge on any atom is 0.277 e. The molecular formula is C19H21ClN2O4. The Kier molecular flexibility index (Phi) is 7.29. The first kappa shape index (κ1) is 19.6. The normalized spacial score (nSPS) is 10.6. The van der Waals surface area contributed by atoms with E-state index < -0.39 is 0 Å². The maximum absolute atomic E-state index is 11.8. The molecule has 2 aromatic rings. The maximum atomic E-state index is 11.8. The number of carbonyl (C=O) groups excluding carboxylic acids is 1. The van der Waals surface area contributed by atoms with Gasteiger partial charge in [0, 0.05) is 0 Å². The van der Waals surface area contributed by atoms with Crippen molar-refractivity contribution in [1.29, 1.82) is 0 Å². The molecular weight excluding hydrogens is 356 g/mol. The summed E-state index contributed by atoms with van der Waals surface area (Å²) in [5.41, 5.74) is 4.12. The molecule has 1 N–H and O–H groups in total. The van der Waals surface area contributed by atoms with Crippen molar-refractivity contribution in [3.8, 4) is 17.2 Å². The molecule has 0 aliphatic rings. The predicted molar refractivity (Wildman–Crippen MR) is 102 cm³/mol.